The SMILES string of the molecule is COc1ccc(CN(C(=N)CN)C(=N)CCc2ccccc2)cc1.Cc1c[nH]c2ccccc12. The van der Waals surface area contributed by atoms with E-state index in [4.69, 9.17) is 21.3 Å². The van der Waals surface area contributed by atoms with Crippen LogP contribution in [0.3, 0.4) is 0 Å². The first-order valence-corrected chi connectivity index (χ1v) is 11.3. The lowest BCUT2D eigenvalue weighted by molar-refractivity contribution is 0.414. The molecule has 0 amide bonds. The summed E-state index contributed by atoms with van der Waals surface area (Å²) in [6.45, 7) is 2.69. The molecule has 4 aromatic rings. The molecule has 0 saturated carbocycles. The van der Waals surface area contributed by atoms with E-state index < -0.39 is 0 Å². The summed E-state index contributed by atoms with van der Waals surface area (Å²) in [5.41, 5.74) is 10.4. The molecule has 0 fully saturated rings. The number of nitrogens with zero attached hydrogens (tertiary/aromatic N) is 1. The normalized spacial score (nSPS) is 10.3. The Kier molecular flexibility index (Phi) is 9.00. The fourth-order valence-electron chi connectivity index (χ4n) is 3.64. The minimum atomic E-state index is 0.115. The quantitative estimate of drug-likeness (QED) is 0.218. The highest BCUT2D eigenvalue weighted by molar-refractivity contribution is 5.98. The van der Waals surface area contributed by atoms with Gasteiger partial charge in [-0.05, 0) is 48.2 Å². The van der Waals surface area contributed by atoms with E-state index >= 15 is 0 Å². The van der Waals surface area contributed by atoms with Crippen molar-refractivity contribution in [1.29, 1.82) is 10.8 Å². The number of fused-ring (bicyclic) bond motifs is 1. The standard InChI is InChI=1S/C19H24N4O.C9H9N/c1-24-17-10-7-16(8-11-17)14-23(19(22)13-20)18(21)12-9-15-5-3-2-4-6-15;1-7-6-10-9-5-3-2-4-8(7)9/h2-8,10-11,21-22H,9,12-14,20H2,1H3;2-6,10H,1H3. The molecule has 1 heterocycles. The molecule has 0 aliphatic carbocycles. The molecular formula is C28H33N5O. The zero-order chi connectivity index (χ0) is 24.3. The van der Waals surface area contributed by atoms with Gasteiger partial charge in [-0.1, -0.05) is 60.7 Å². The maximum Gasteiger partial charge on any atom is 0.118 e. The van der Waals surface area contributed by atoms with Gasteiger partial charge in [0, 0.05) is 23.5 Å². The highest BCUT2D eigenvalue weighted by Gasteiger charge is 2.15. The topological polar surface area (TPSA) is 102 Å². The molecule has 1 aromatic heterocycles. The molecule has 0 aliphatic rings. The first-order valence-electron chi connectivity index (χ1n) is 11.3. The summed E-state index contributed by atoms with van der Waals surface area (Å²) in [7, 11) is 1.63. The Labute approximate surface area is 201 Å². The minimum absolute atomic E-state index is 0.115. The molecule has 0 atom stereocenters. The number of rotatable bonds is 7. The van der Waals surface area contributed by atoms with Crippen LogP contribution < -0.4 is 10.5 Å². The number of hydrogen-bond acceptors (Lipinski definition) is 4. The lowest BCUT2D eigenvalue weighted by Crippen LogP contribution is -2.39. The van der Waals surface area contributed by atoms with Crippen molar-refractivity contribution in [1.82, 2.24) is 9.88 Å². The van der Waals surface area contributed by atoms with E-state index in [0.29, 0.717) is 18.8 Å². The van der Waals surface area contributed by atoms with E-state index in [1.165, 1.54) is 22.0 Å². The van der Waals surface area contributed by atoms with Gasteiger partial charge in [-0.15, -0.1) is 0 Å². The Morgan fingerprint density at radius 2 is 1.56 bits per heavy atom. The molecule has 3 aromatic carbocycles. The van der Waals surface area contributed by atoms with E-state index in [0.717, 1.165) is 17.7 Å². The van der Waals surface area contributed by atoms with Gasteiger partial charge >= 0.3 is 0 Å². The minimum Gasteiger partial charge on any atom is -0.497 e. The van der Waals surface area contributed by atoms with Gasteiger partial charge in [-0.3, -0.25) is 10.8 Å². The second-order valence-corrected chi connectivity index (χ2v) is 8.03. The maximum absolute atomic E-state index is 8.36. The number of nitrogens with one attached hydrogen (secondary N) is 3. The average molecular weight is 456 g/mol. The number of aromatic nitrogens is 1. The monoisotopic (exact) mass is 455 g/mol. The largest absolute Gasteiger partial charge is 0.497 e. The zero-order valence-electron chi connectivity index (χ0n) is 19.8. The maximum atomic E-state index is 8.36. The van der Waals surface area contributed by atoms with Crippen LogP contribution in [-0.4, -0.2) is 35.2 Å². The number of benzene rings is 3. The number of aromatic amines is 1. The van der Waals surface area contributed by atoms with Gasteiger partial charge in [0.1, 0.15) is 17.4 Å². The lowest BCUT2D eigenvalue weighted by atomic mass is 10.1. The summed E-state index contributed by atoms with van der Waals surface area (Å²) in [5.74, 6) is 1.45. The highest BCUT2D eigenvalue weighted by Crippen LogP contribution is 2.16. The molecule has 5 N–H and O–H groups in total. The second kappa shape index (κ2) is 12.4. The summed E-state index contributed by atoms with van der Waals surface area (Å²) < 4.78 is 5.16. The van der Waals surface area contributed by atoms with Gasteiger partial charge in [0.25, 0.3) is 0 Å². The number of hydrogen-bond donors (Lipinski definition) is 4. The Hall–Kier alpha value is -3.90. The summed E-state index contributed by atoms with van der Waals surface area (Å²) >= 11 is 0. The second-order valence-electron chi connectivity index (χ2n) is 8.03. The Morgan fingerprint density at radius 1 is 0.882 bits per heavy atom. The van der Waals surface area contributed by atoms with Crippen LogP contribution in [0.4, 0.5) is 0 Å². The smallest absolute Gasteiger partial charge is 0.118 e. The fraction of sp³-hybridized carbons (Fsp3) is 0.214. The van der Waals surface area contributed by atoms with Crippen LogP contribution in [0, 0.1) is 17.7 Å². The number of aryl methyl sites for hydroxylation is 2. The first kappa shape index (κ1) is 24.7. The third-order valence-electron chi connectivity index (χ3n) is 5.63. The van der Waals surface area contributed by atoms with E-state index in [9.17, 15) is 0 Å². The van der Waals surface area contributed by atoms with Crippen molar-refractivity contribution in [3.63, 3.8) is 0 Å². The van der Waals surface area contributed by atoms with Gasteiger partial charge in [-0.25, -0.2) is 0 Å². The Morgan fingerprint density at radius 3 is 2.21 bits per heavy atom. The van der Waals surface area contributed by atoms with E-state index in [-0.39, 0.29) is 12.4 Å². The molecule has 0 bridgehead atoms. The highest BCUT2D eigenvalue weighted by atomic mass is 16.5. The van der Waals surface area contributed by atoms with Crippen LogP contribution in [0.25, 0.3) is 10.9 Å². The number of H-pyrrole nitrogens is 1. The number of ether oxygens (including phenoxy) is 1. The predicted molar refractivity (Wildman–Crippen MR) is 141 cm³/mol. The summed E-state index contributed by atoms with van der Waals surface area (Å²) in [5, 5.41) is 17.8. The van der Waals surface area contributed by atoms with Crippen molar-refractivity contribution < 1.29 is 4.74 Å². The number of amidine groups is 2. The molecule has 34 heavy (non-hydrogen) atoms. The zero-order valence-corrected chi connectivity index (χ0v) is 19.8. The molecule has 6 heteroatoms. The molecule has 176 valence electrons. The van der Waals surface area contributed by atoms with Gasteiger partial charge in [0.15, 0.2) is 0 Å². The summed E-state index contributed by atoms with van der Waals surface area (Å²) in [4.78, 5) is 4.86. The molecule has 0 unspecified atom stereocenters. The number of nitrogens with two attached hydrogens (primary N) is 1. The number of para-hydroxylation sites is 1. The van der Waals surface area contributed by atoms with Crippen molar-refractivity contribution in [3.8, 4) is 5.75 Å². The Balaban J connectivity index is 0.000000266. The van der Waals surface area contributed by atoms with Crippen LogP contribution in [0.1, 0.15) is 23.1 Å². The molecule has 6 nitrogen and oxygen atoms in total. The average Bonchev–Trinajstić information content (AvgIpc) is 3.27. The van der Waals surface area contributed by atoms with Gasteiger partial charge in [0.05, 0.1) is 20.2 Å². The van der Waals surface area contributed by atoms with Crippen molar-refractivity contribution in [2.45, 2.75) is 26.3 Å². The van der Waals surface area contributed by atoms with Crippen molar-refractivity contribution >= 4 is 22.6 Å². The van der Waals surface area contributed by atoms with Crippen LogP contribution >= 0.6 is 0 Å². The van der Waals surface area contributed by atoms with Crippen molar-refractivity contribution in [2.24, 2.45) is 5.73 Å². The third-order valence-corrected chi connectivity index (χ3v) is 5.63. The molecule has 0 radical (unpaired) electrons. The van der Waals surface area contributed by atoms with Crippen LogP contribution in [-0.2, 0) is 13.0 Å². The van der Waals surface area contributed by atoms with Crippen LogP contribution in [0.15, 0.2) is 85.1 Å². The van der Waals surface area contributed by atoms with Gasteiger partial charge < -0.3 is 20.4 Å². The molecule has 0 aliphatic heterocycles. The molecule has 0 saturated heterocycles. The third kappa shape index (κ3) is 6.80. The molecular weight excluding hydrogens is 422 g/mol. The van der Waals surface area contributed by atoms with E-state index in [1.807, 2.05) is 54.7 Å². The summed E-state index contributed by atoms with van der Waals surface area (Å²) in [6, 6.07) is 26.0. The van der Waals surface area contributed by atoms with E-state index in [1.54, 1.807) is 12.0 Å². The van der Waals surface area contributed by atoms with Crippen molar-refractivity contribution in [3.05, 3.63) is 102 Å². The first-order chi connectivity index (χ1) is 16.5. The Bertz CT molecular complexity index is 1200. The van der Waals surface area contributed by atoms with Crippen LogP contribution in [0.2, 0.25) is 0 Å². The molecule has 4 rings (SSSR count). The van der Waals surface area contributed by atoms with Crippen LogP contribution in [0.5, 0.6) is 5.75 Å². The fourth-order valence-corrected chi connectivity index (χ4v) is 3.64. The summed E-state index contributed by atoms with van der Waals surface area (Å²) in [6.07, 6.45) is 3.38. The van der Waals surface area contributed by atoms with E-state index in [2.05, 4.69) is 42.2 Å². The lowest BCUT2D eigenvalue weighted by Gasteiger charge is -2.25. The van der Waals surface area contributed by atoms with Gasteiger partial charge in [-0.2, -0.15) is 0 Å². The number of methoxy groups -OCH3 is 1. The van der Waals surface area contributed by atoms with Gasteiger partial charge in [0.2, 0.25) is 0 Å². The molecule has 0 spiro atoms. The van der Waals surface area contributed by atoms with Crippen molar-refractivity contribution in [2.75, 3.05) is 13.7 Å². The predicted octanol–water partition coefficient (Wildman–Crippen LogP) is 5.52.